The van der Waals surface area contributed by atoms with E-state index in [-0.39, 0.29) is 27.5 Å². The molecular weight excluding hydrogens is 331 g/mol. The maximum atomic E-state index is 12.2. The number of hydrogen-bond donors (Lipinski definition) is 1. The van der Waals surface area contributed by atoms with Gasteiger partial charge in [0, 0.05) is 6.07 Å². The second kappa shape index (κ2) is 6.55. The van der Waals surface area contributed by atoms with E-state index in [9.17, 15) is 19.7 Å². The zero-order chi connectivity index (χ0) is 16.3. The van der Waals surface area contributed by atoms with Crippen molar-refractivity contribution >= 4 is 45.7 Å². The van der Waals surface area contributed by atoms with Crippen LogP contribution in [-0.2, 0) is 0 Å². The lowest BCUT2D eigenvalue weighted by Crippen LogP contribution is -2.14. The van der Waals surface area contributed by atoms with Gasteiger partial charge in [-0.25, -0.2) is 0 Å². The summed E-state index contributed by atoms with van der Waals surface area (Å²) in [6.45, 7) is 0. The highest BCUT2D eigenvalue weighted by Gasteiger charge is 2.20. The summed E-state index contributed by atoms with van der Waals surface area (Å²) in [6, 6.07) is 9.83. The smallest absolute Gasteiger partial charge is 0.282 e. The van der Waals surface area contributed by atoms with Gasteiger partial charge in [0.25, 0.3) is 16.8 Å². The van der Waals surface area contributed by atoms with Crippen LogP contribution in [0, 0.1) is 10.1 Å². The lowest BCUT2D eigenvalue weighted by Gasteiger charge is -2.09. The van der Waals surface area contributed by atoms with Crippen LogP contribution in [0.4, 0.5) is 11.4 Å². The van der Waals surface area contributed by atoms with Crippen LogP contribution in [0.1, 0.15) is 20.7 Å². The molecule has 8 heteroatoms. The Morgan fingerprint density at radius 2 is 1.68 bits per heavy atom. The SMILES string of the molecule is O=C(Nc1cccc(C(=O)Cl)c1Cl)c1ccccc1[N+](=O)[O-]. The standard InChI is InChI=1S/C14H8Cl2N2O4/c15-12-9(13(16)19)5-3-6-10(12)17-14(20)8-4-1-2-7-11(8)18(21)22/h1-7H,(H,17,20). The fraction of sp³-hybridized carbons (Fsp3) is 0. The fourth-order valence-electron chi connectivity index (χ4n) is 1.79. The molecule has 2 rings (SSSR count). The predicted octanol–water partition coefficient (Wildman–Crippen LogP) is 3.88. The third-order valence-corrected chi connectivity index (χ3v) is 3.41. The Balaban J connectivity index is 2.37. The zero-order valence-electron chi connectivity index (χ0n) is 10.9. The van der Waals surface area contributed by atoms with E-state index in [4.69, 9.17) is 23.2 Å². The third kappa shape index (κ3) is 3.24. The second-order valence-corrected chi connectivity index (χ2v) is 4.89. The van der Waals surface area contributed by atoms with Crippen molar-refractivity contribution in [3.8, 4) is 0 Å². The van der Waals surface area contributed by atoms with Gasteiger partial charge >= 0.3 is 0 Å². The number of carbonyl (C=O) groups excluding carboxylic acids is 2. The van der Waals surface area contributed by atoms with Crippen molar-refractivity contribution in [3.05, 3.63) is 68.7 Å². The number of rotatable bonds is 4. The number of carbonyl (C=O) groups is 2. The monoisotopic (exact) mass is 338 g/mol. The summed E-state index contributed by atoms with van der Waals surface area (Å²) >= 11 is 11.4. The van der Waals surface area contributed by atoms with Crippen LogP contribution in [0.15, 0.2) is 42.5 Å². The molecule has 1 N–H and O–H groups in total. The minimum atomic E-state index is -0.771. The largest absolute Gasteiger partial charge is 0.320 e. The maximum Gasteiger partial charge on any atom is 0.282 e. The molecule has 22 heavy (non-hydrogen) atoms. The highest BCUT2D eigenvalue weighted by molar-refractivity contribution is 6.69. The van der Waals surface area contributed by atoms with Gasteiger partial charge in [0.1, 0.15) is 5.56 Å². The number of nitrogens with zero attached hydrogens (tertiary/aromatic N) is 1. The molecule has 0 spiro atoms. The Hall–Kier alpha value is -2.44. The van der Waals surface area contributed by atoms with Crippen molar-refractivity contribution in [2.45, 2.75) is 0 Å². The second-order valence-electron chi connectivity index (χ2n) is 4.17. The average Bonchev–Trinajstić information content (AvgIpc) is 2.49. The molecule has 0 aliphatic rings. The van der Waals surface area contributed by atoms with Crippen molar-refractivity contribution in [2.75, 3.05) is 5.32 Å². The number of para-hydroxylation sites is 1. The molecule has 112 valence electrons. The summed E-state index contributed by atoms with van der Waals surface area (Å²) in [4.78, 5) is 33.6. The molecule has 0 saturated heterocycles. The molecule has 1 amide bonds. The molecule has 0 atom stereocenters. The van der Waals surface area contributed by atoms with E-state index in [2.05, 4.69) is 5.32 Å². The Morgan fingerprint density at radius 3 is 2.32 bits per heavy atom. The van der Waals surface area contributed by atoms with Crippen LogP contribution in [0.25, 0.3) is 0 Å². The Morgan fingerprint density at radius 1 is 1.05 bits per heavy atom. The molecule has 2 aromatic rings. The molecule has 0 aromatic heterocycles. The number of hydrogen-bond acceptors (Lipinski definition) is 4. The average molecular weight is 339 g/mol. The molecule has 0 aliphatic carbocycles. The van der Waals surface area contributed by atoms with Crippen LogP contribution in [0.3, 0.4) is 0 Å². The van der Waals surface area contributed by atoms with Gasteiger partial charge in [-0.05, 0) is 29.8 Å². The molecule has 2 aromatic carbocycles. The van der Waals surface area contributed by atoms with E-state index in [1.807, 2.05) is 0 Å². The molecule has 0 saturated carbocycles. The fourth-order valence-corrected chi connectivity index (χ4v) is 2.26. The number of nitrogens with one attached hydrogen (secondary N) is 1. The molecular formula is C14H8Cl2N2O4. The minimum Gasteiger partial charge on any atom is -0.320 e. The van der Waals surface area contributed by atoms with Gasteiger partial charge in [-0.2, -0.15) is 0 Å². The van der Waals surface area contributed by atoms with Crippen molar-refractivity contribution < 1.29 is 14.5 Å². The van der Waals surface area contributed by atoms with Gasteiger partial charge in [-0.15, -0.1) is 0 Å². The van der Waals surface area contributed by atoms with E-state index in [0.717, 1.165) is 0 Å². The van der Waals surface area contributed by atoms with Crippen molar-refractivity contribution in [1.82, 2.24) is 0 Å². The first kappa shape index (κ1) is 15.9. The van der Waals surface area contributed by atoms with Crippen molar-refractivity contribution in [3.63, 3.8) is 0 Å². The number of amides is 1. The van der Waals surface area contributed by atoms with E-state index in [0.29, 0.717) is 0 Å². The van der Waals surface area contributed by atoms with Gasteiger partial charge < -0.3 is 5.32 Å². The van der Waals surface area contributed by atoms with Crippen LogP contribution >= 0.6 is 23.2 Å². The molecule has 0 fully saturated rings. The Labute approximate surface area is 134 Å². The summed E-state index contributed by atoms with van der Waals surface area (Å²) in [5.74, 6) is -0.714. The summed E-state index contributed by atoms with van der Waals surface area (Å²) in [5, 5.41) is 12.6. The summed E-state index contributed by atoms with van der Waals surface area (Å²) in [7, 11) is 0. The van der Waals surface area contributed by atoms with E-state index in [1.165, 1.54) is 42.5 Å². The minimum absolute atomic E-state index is 0.0312. The Bertz CT molecular complexity index is 777. The summed E-state index contributed by atoms with van der Waals surface area (Å²) in [6.07, 6.45) is 0. The van der Waals surface area contributed by atoms with Gasteiger partial charge in [-0.3, -0.25) is 19.7 Å². The predicted molar refractivity (Wildman–Crippen MR) is 82.7 cm³/mol. The van der Waals surface area contributed by atoms with Crippen LogP contribution in [0.2, 0.25) is 5.02 Å². The number of nitro benzene ring substituents is 1. The Kier molecular flexibility index (Phi) is 4.75. The lowest BCUT2D eigenvalue weighted by molar-refractivity contribution is -0.385. The normalized spacial score (nSPS) is 10.1. The topological polar surface area (TPSA) is 89.3 Å². The van der Waals surface area contributed by atoms with Crippen LogP contribution in [-0.4, -0.2) is 16.1 Å². The van der Waals surface area contributed by atoms with Crippen molar-refractivity contribution in [2.24, 2.45) is 0 Å². The molecule has 0 aliphatic heterocycles. The number of halogens is 2. The quantitative estimate of drug-likeness (QED) is 0.520. The highest BCUT2D eigenvalue weighted by atomic mass is 35.5. The molecule has 0 radical (unpaired) electrons. The van der Waals surface area contributed by atoms with Crippen molar-refractivity contribution in [1.29, 1.82) is 0 Å². The molecule has 0 unspecified atom stereocenters. The first-order chi connectivity index (χ1) is 10.4. The maximum absolute atomic E-state index is 12.2. The zero-order valence-corrected chi connectivity index (χ0v) is 12.4. The molecule has 0 bridgehead atoms. The van der Waals surface area contributed by atoms with Gasteiger partial charge in [-0.1, -0.05) is 29.8 Å². The first-order valence-corrected chi connectivity index (χ1v) is 6.70. The third-order valence-electron chi connectivity index (χ3n) is 2.80. The summed E-state index contributed by atoms with van der Waals surface area (Å²) in [5.41, 5.74) is -0.285. The lowest BCUT2D eigenvalue weighted by atomic mass is 10.1. The number of nitro groups is 1. The van der Waals surface area contributed by atoms with Gasteiger partial charge in [0.2, 0.25) is 0 Å². The van der Waals surface area contributed by atoms with Crippen LogP contribution < -0.4 is 5.32 Å². The summed E-state index contributed by atoms with van der Waals surface area (Å²) < 4.78 is 0. The van der Waals surface area contributed by atoms with E-state index < -0.39 is 16.1 Å². The van der Waals surface area contributed by atoms with Gasteiger partial charge in [0.15, 0.2) is 0 Å². The number of benzene rings is 2. The van der Waals surface area contributed by atoms with E-state index >= 15 is 0 Å². The van der Waals surface area contributed by atoms with Gasteiger partial charge in [0.05, 0.1) is 21.2 Å². The van der Waals surface area contributed by atoms with E-state index in [1.54, 1.807) is 0 Å². The number of anilines is 1. The highest BCUT2D eigenvalue weighted by Crippen LogP contribution is 2.28. The molecule has 6 nitrogen and oxygen atoms in total. The first-order valence-electron chi connectivity index (χ1n) is 5.95. The van der Waals surface area contributed by atoms with Crippen LogP contribution in [0.5, 0.6) is 0 Å². The molecule has 0 heterocycles.